The summed E-state index contributed by atoms with van der Waals surface area (Å²) in [6.45, 7) is 3.48. The van der Waals surface area contributed by atoms with E-state index in [-0.39, 0.29) is 0 Å². The summed E-state index contributed by atoms with van der Waals surface area (Å²) in [5.74, 6) is 0. The van der Waals surface area contributed by atoms with Gasteiger partial charge in [0.05, 0.1) is 12.3 Å². The summed E-state index contributed by atoms with van der Waals surface area (Å²) in [6, 6.07) is 1.83. The van der Waals surface area contributed by atoms with E-state index in [1.807, 2.05) is 6.07 Å². The van der Waals surface area contributed by atoms with Gasteiger partial charge in [-0.3, -0.25) is 4.68 Å². The van der Waals surface area contributed by atoms with Crippen molar-refractivity contribution in [2.45, 2.75) is 26.5 Å². The highest BCUT2D eigenvalue weighted by Gasteiger charge is 2.03. The first-order valence-electron chi connectivity index (χ1n) is 3.99. The molecular weight excluding hydrogens is 176 g/mol. The Bertz CT molecular complexity index is 247. The number of hydrogen-bond acceptors (Lipinski definition) is 2. The van der Waals surface area contributed by atoms with Crippen molar-refractivity contribution >= 4 is 11.6 Å². The number of hydrogen-bond donors (Lipinski definition) is 0. The van der Waals surface area contributed by atoms with E-state index in [2.05, 4.69) is 12.0 Å². The van der Waals surface area contributed by atoms with E-state index in [4.69, 9.17) is 16.3 Å². The monoisotopic (exact) mass is 188 g/mol. The van der Waals surface area contributed by atoms with Crippen molar-refractivity contribution in [3.8, 4) is 0 Å². The fourth-order valence-corrected chi connectivity index (χ4v) is 1.28. The van der Waals surface area contributed by atoms with Crippen LogP contribution in [-0.2, 0) is 17.9 Å². The molecule has 68 valence electrons. The molecule has 0 N–H and O–H groups in total. The topological polar surface area (TPSA) is 27.1 Å². The molecule has 0 aliphatic rings. The molecule has 0 amide bonds. The minimum atomic E-state index is 0.524. The molecule has 0 saturated carbocycles. The summed E-state index contributed by atoms with van der Waals surface area (Å²) in [6.07, 6.45) is 1.04. The normalized spacial score (nSPS) is 10.6. The van der Waals surface area contributed by atoms with E-state index in [0.29, 0.717) is 11.8 Å². The van der Waals surface area contributed by atoms with Gasteiger partial charge in [-0.2, -0.15) is 5.10 Å². The Labute approximate surface area is 77.3 Å². The Kier molecular flexibility index (Phi) is 3.56. The van der Waals surface area contributed by atoms with Gasteiger partial charge in [-0.05, 0) is 6.42 Å². The van der Waals surface area contributed by atoms with Crippen molar-refractivity contribution < 1.29 is 4.74 Å². The second-order valence-corrected chi connectivity index (χ2v) is 3.00. The largest absolute Gasteiger partial charge is 0.378 e. The van der Waals surface area contributed by atoms with E-state index in [9.17, 15) is 0 Å². The molecule has 0 aromatic carbocycles. The van der Waals surface area contributed by atoms with Crippen LogP contribution in [-0.4, -0.2) is 16.9 Å². The van der Waals surface area contributed by atoms with Gasteiger partial charge < -0.3 is 4.74 Å². The second-order valence-electron chi connectivity index (χ2n) is 2.61. The summed E-state index contributed by atoms with van der Waals surface area (Å²) < 4.78 is 6.73. The Hall–Kier alpha value is -0.540. The molecule has 0 bridgehead atoms. The van der Waals surface area contributed by atoms with Crippen molar-refractivity contribution in [3.05, 3.63) is 16.9 Å². The molecule has 1 aromatic rings. The van der Waals surface area contributed by atoms with Gasteiger partial charge in [-0.15, -0.1) is 0 Å². The van der Waals surface area contributed by atoms with E-state index >= 15 is 0 Å². The lowest BCUT2D eigenvalue weighted by molar-refractivity contribution is 0.180. The van der Waals surface area contributed by atoms with Crippen LogP contribution in [0.5, 0.6) is 0 Å². The number of methoxy groups -OCH3 is 1. The Balaban J connectivity index is 2.70. The van der Waals surface area contributed by atoms with Crippen LogP contribution in [0.15, 0.2) is 6.07 Å². The molecule has 0 aliphatic heterocycles. The van der Waals surface area contributed by atoms with Crippen LogP contribution in [0.2, 0.25) is 5.15 Å². The number of aromatic nitrogens is 2. The van der Waals surface area contributed by atoms with Gasteiger partial charge in [0.15, 0.2) is 0 Å². The van der Waals surface area contributed by atoms with Crippen LogP contribution in [0.3, 0.4) is 0 Å². The fourth-order valence-electron chi connectivity index (χ4n) is 1.03. The molecule has 1 heterocycles. The number of aryl methyl sites for hydroxylation is 1. The summed E-state index contributed by atoms with van der Waals surface area (Å²) in [5.41, 5.74) is 0.885. The van der Waals surface area contributed by atoms with Crippen molar-refractivity contribution in [1.29, 1.82) is 0 Å². The average molecular weight is 189 g/mol. The predicted octanol–water partition coefficient (Wildman–Crippen LogP) is 2.09. The molecule has 0 spiro atoms. The second kappa shape index (κ2) is 4.48. The van der Waals surface area contributed by atoms with E-state index < -0.39 is 0 Å². The molecule has 1 aromatic heterocycles. The SMILES string of the molecule is CCCn1nc(COC)cc1Cl. The van der Waals surface area contributed by atoms with Gasteiger partial charge in [0, 0.05) is 19.7 Å². The quantitative estimate of drug-likeness (QED) is 0.724. The highest BCUT2D eigenvalue weighted by molar-refractivity contribution is 6.29. The third-order valence-electron chi connectivity index (χ3n) is 1.51. The van der Waals surface area contributed by atoms with Crippen LogP contribution in [0, 0.1) is 0 Å². The maximum Gasteiger partial charge on any atom is 0.127 e. The van der Waals surface area contributed by atoms with Gasteiger partial charge in [0.1, 0.15) is 5.15 Å². The molecule has 0 unspecified atom stereocenters. The lowest BCUT2D eigenvalue weighted by Crippen LogP contribution is -2.00. The third-order valence-corrected chi connectivity index (χ3v) is 1.81. The van der Waals surface area contributed by atoms with Gasteiger partial charge >= 0.3 is 0 Å². The maximum absolute atomic E-state index is 5.90. The van der Waals surface area contributed by atoms with Crippen molar-refractivity contribution in [3.63, 3.8) is 0 Å². The maximum atomic E-state index is 5.90. The van der Waals surface area contributed by atoms with Gasteiger partial charge in [-0.25, -0.2) is 0 Å². The Morgan fingerprint density at radius 3 is 3.00 bits per heavy atom. The molecule has 0 fully saturated rings. The predicted molar refractivity (Wildman–Crippen MR) is 48.2 cm³/mol. The molecular formula is C8H13ClN2O. The van der Waals surface area contributed by atoms with E-state index in [1.54, 1.807) is 11.8 Å². The van der Waals surface area contributed by atoms with Crippen molar-refractivity contribution in [1.82, 2.24) is 9.78 Å². The van der Waals surface area contributed by atoms with Gasteiger partial charge in [0.25, 0.3) is 0 Å². The van der Waals surface area contributed by atoms with Crippen molar-refractivity contribution in [2.24, 2.45) is 0 Å². The van der Waals surface area contributed by atoms with Crippen LogP contribution in [0.1, 0.15) is 19.0 Å². The number of rotatable bonds is 4. The Morgan fingerprint density at radius 1 is 1.67 bits per heavy atom. The Morgan fingerprint density at radius 2 is 2.42 bits per heavy atom. The van der Waals surface area contributed by atoms with Crippen LogP contribution < -0.4 is 0 Å². The first-order chi connectivity index (χ1) is 5.77. The standard InChI is InChI=1S/C8H13ClN2O/c1-3-4-11-8(9)5-7(10-11)6-12-2/h5H,3-4,6H2,1-2H3. The average Bonchev–Trinajstić information content (AvgIpc) is 2.34. The minimum absolute atomic E-state index is 0.524. The van der Waals surface area contributed by atoms with Crippen LogP contribution >= 0.6 is 11.6 Å². The lowest BCUT2D eigenvalue weighted by atomic mass is 10.5. The first-order valence-corrected chi connectivity index (χ1v) is 4.37. The van der Waals surface area contributed by atoms with Gasteiger partial charge in [0.2, 0.25) is 0 Å². The van der Waals surface area contributed by atoms with E-state index in [1.165, 1.54) is 0 Å². The number of nitrogens with zero attached hydrogens (tertiary/aromatic N) is 2. The molecule has 4 heteroatoms. The smallest absolute Gasteiger partial charge is 0.127 e. The summed E-state index contributed by atoms with van der Waals surface area (Å²) in [7, 11) is 1.65. The van der Waals surface area contributed by atoms with E-state index in [0.717, 1.165) is 18.7 Å². The molecule has 3 nitrogen and oxygen atoms in total. The summed E-state index contributed by atoms with van der Waals surface area (Å²) >= 11 is 5.90. The fraction of sp³-hybridized carbons (Fsp3) is 0.625. The molecule has 0 atom stereocenters. The lowest BCUT2D eigenvalue weighted by Gasteiger charge is -1.98. The molecule has 12 heavy (non-hydrogen) atoms. The zero-order valence-electron chi connectivity index (χ0n) is 7.38. The molecule has 1 rings (SSSR count). The van der Waals surface area contributed by atoms with Crippen LogP contribution in [0.25, 0.3) is 0 Å². The van der Waals surface area contributed by atoms with Crippen LogP contribution in [0.4, 0.5) is 0 Å². The summed E-state index contributed by atoms with van der Waals surface area (Å²) in [4.78, 5) is 0. The molecule has 0 aliphatic carbocycles. The first kappa shape index (κ1) is 9.55. The third kappa shape index (κ3) is 2.22. The number of halogens is 1. The minimum Gasteiger partial charge on any atom is -0.378 e. The highest BCUT2D eigenvalue weighted by atomic mass is 35.5. The highest BCUT2D eigenvalue weighted by Crippen LogP contribution is 2.11. The number of ether oxygens (including phenoxy) is 1. The molecule has 0 radical (unpaired) electrons. The zero-order valence-corrected chi connectivity index (χ0v) is 8.14. The van der Waals surface area contributed by atoms with Gasteiger partial charge in [-0.1, -0.05) is 18.5 Å². The zero-order chi connectivity index (χ0) is 8.97. The van der Waals surface area contributed by atoms with Crippen molar-refractivity contribution in [2.75, 3.05) is 7.11 Å². The molecule has 0 saturated heterocycles. The summed E-state index contributed by atoms with van der Waals surface area (Å²) in [5, 5.41) is 4.93.